The number of esters is 1. The molecule has 0 spiro atoms. The Morgan fingerprint density at radius 3 is 2.62 bits per heavy atom. The first-order valence-electron chi connectivity index (χ1n) is 7.53. The van der Waals surface area contributed by atoms with E-state index in [0.29, 0.717) is 18.6 Å². The van der Waals surface area contributed by atoms with Crippen LogP contribution < -0.4 is 5.19 Å². The molecular formula is C17H24O3Si. The summed E-state index contributed by atoms with van der Waals surface area (Å²) in [6.45, 7) is 8.80. The van der Waals surface area contributed by atoms with Crippen LogP contribution in [0.5, 0.6) is 0 Å². The smallest absolute Gasteiger partial charge is 0.337 e. The van der Waals surface area contributed by atoms with Crippen molar-refractivity contribution in [2.24, 2.45) is 0 Å². The van der Waals surface area contributed by atoms with E-state index < -0.39 is 8.07 Å². The lowest BCUT2D eigenvalue weighted by Crippen LogP contribution is -2.43. The van der Waals surface area contributed by atoms with Crippen molar-refractivity contribution in [3.63, 3.8) is 0 Å². The van der Waals surface area contributed by atoms with Crippen LogP contribution in [-0.2, 0) is 14.3 Å². The predicted molar refractivity (Wildman–Crippen MR) is 87.2 cm³/mol. The quantitative estimate of drug-likeness (QED) is 0.619. The van der Waals surface area contributed by atoms with Crippen molar-refractivity contribution in [2.75, 3.05) is 6.61 Å². The minimum Gasteiger partial charge on any atom is -0.494 e. The molecule has 1 unspecified atom stereocenters. The fourth-order valence-electron chi connectivity index (χ4n) is 2.87. The first-order chi connectivity index (χ1) is 9.94. The Bertz CT molecular complexity index is 534. The molecule has 0 fully saturated rings. The minimum absolute atomic E-state index is 0.103. The molecule has 0 bridgehead atoms. The van der Waals surface area contributed by atoms with E-state index in [4.69, 9.17) is 9.47 Å². The van der Waals surface area contributed by atoms with Crippen LogP contribution in [0.4, 0.5) is 0 Å². The number of carbonyl (C=O) groups excluding carboxylic acids is 1. The van der Waals surface area contributed by atoms with Gasteiger partial charge in [0.05, 0.1) is 20.3 Å². The number of ether oxygens (including phenoxy) is 2. The van der Waals surface area contributed by atoms with E-state index in [0.717, 1.165) is 11.8 Å². The van der Waals surface area contributed by atoms with Gasteiger partial charge in [-0.05, 0) is 19.9 Å². The third kappa shape index (κ3) is 3.76. The minimum atomic E-state index is -1.56. The Hall–Kier alpha value is -1.55. The highest BCUT2D eigenvalue weighted by atomic mass is 28.3. The Kier molecular flexibility index (Phi) is 4.88. The number of benzene rings is 1. The van der Waals surface area contributed by atoms with Crippen molar-refractivity contribution in [3.8, 4) is 0 Å². The van der Waals surface area contributed by atoms with Gasteiger partial charge in [-0.3, -0.25) is 0 Å². The number of hydrogen-bond acceptors (Lipinski definition) is 3. The van der Waals surface area contributed by atoms with Crippen molar-refractivity contribution < 1.29 is 14.3 Å². The Morgan fingerprint density at radius 2 is 2.00 bits per heavy atom. The Labute approximate surface area is 128 Å². The molecule has 0 amide bonds. The third-order valence-electron chi connectivity index (χ3n) is 4.02. The van der Waals surface area contributed by atoms with Gasteiger partial charge in [-0.15, -0.1) is 0 Å². The Balaban J connectivity index is 2.02. The SMILES string of the molecule is CCOC(=O)C1=C(C)OC(C[Si](C)(C)c2ccccc2)C1. The van der Waals surface area contributed by atoms with Gasteiger partial charge in [-0.1, -0.05) is 48.6 Å². The largest absolute Gasteiger partial charge is 0.494 e. The van der Waals surface area contributed by atoms with Crippen LogP contribution in [0.1, 0.15) is 20.3 Å². The fourth-order valence-corrected chi connectivity index (χ4v) is 5.57. The molecule has 114 valence electrons. The van der Waals surface area contributed by atoms with E-state index in [9.17, 15) is 4.79 Å². The number of rotatable bonds is 5. The van der Waals surface area contributed by atoms with Gasteiger partial charge in [-0.2, -0.15) is 0 Å². The molecule has 1 aliphatic rings. The normalized spacial score (nSPS) is 18.6. The zero-order valence-electron chi connectivity index (χ0n) is 13.3. The Morgan fingerprint density at radius 1 is 1.33 bits per heavy atom. The van der Waals surface area contributed by atoms with E-state index in [1.165, 1.54) is 5.19 Å². The highest BCUT2D eigenvalue weighted by molar-refractivity contribution is 6.89. The monoisotopic (exact) mass is 304 g/mol. The van der Waals surface area contributed by atoms with Crippen molar-refractivity contribution >= 4 is 19.2 Å². The van der Waals surface area contributed by atoms with Crippen LogP contribution in [0.3, 0.4) is 0 Å². The van der Waals surface area contributed by atoms with Gasteiger partial charge in [-0.25, -0.2) is 4.79 Å². The molecule has 2 rings (SSSR count). The van der Waals surface area contributed by atoms with Crippen LogP contribution in [0.2, 0.25) is 19.1 Å². The second kappa shape index (κ2) is 6.48. The average molecular weight is 304 g/mol. The molecule has 0 aromatic heterocycles. The second-order valence-electron chi connectivity index (χ2n) is 6.15. The van der Waals surface area contributed by atoms with E-state index in [1.807, 2.05) is 19.9 Å². The van der Waals surface area contributed by atoms with Gasteiger partial charge in [0.2, 0.25) is 0 Å². The lowest BCUT2D eigenvalue weighted by molar-refractivity contribution is -0.138. The van der Waals surface area contributed by atoms with Gasteiger partial charge in [0.15, 0.2) is 0 Å². The van der Waals surface area contributed by atoms with E-state index in [2.05, 4.69) is 37.4 Å². The van der Waals surface area contributed by atoms with Crippen LogP contribution >= 0.6 is 0 Å². The molecule has 1 aliphatic heterocycles. The number of allylic oxidation sites excluding steroid dienone is 1. The standard InChI is InChI=1S/C17H24O3Si/c1-5-19-17(18)16-11-14(20-13(16)2)12-21(3,4)15-9-7-6-8-10-15/h6-10,14H,5,11-12H2,1-4H3. The maximum absolute atomic E-state index is 11.9. The molecular weight excluding hydrogens is 280 g/mol. The van der Waals surface area contributed by atoms with Crippen molar-refractivity contribution in [1.29, 1.82) is 0 Å². The van der Waals surface area contributed by atoms with Gasteiger partial charge < -0.3 is 9.47 Å². The van der Waals surface area contributed by atoms with Gasteiger partial charge in [0.1, 0.15) is 11.9 Å². The molecule has 0 aliphatic carbocycles. The fraction of sp³-hybridized carbons (Fsp3) is 0.471. The van der Waals surface area contributed by atoms with E-state index >= 15 is 0 Å². The maximum atomic E-state index is 11.9. The zero-order valence-corrected chi connectivity index (χ0v) is 14.3. The molecule has 1 heterocycles. The lowest BCUT2D eigenvalue weighted by Gasteiger charge is -2.26. The number of carbonyl (C=O) groups is 1. The van der Waals surface area contributed by atoms with Crippen LogP contribution in [0, 0.1) is 0 Å². The second-order valence-corrected chi connectivity index (χ2v) is 10.9. The van der Waals surface area contributed by atoms with Crippen molar-refractivity contribution in [1.82, 2.24) is 0 Å². The molecule has 3 nitrogen and oxygen atoms in total. The maximum Gasteiger partial charge on any atom is 0.337 e. The molecule has 0 radical (unpaired) electrons. The highest BCUT2D eigenvalue weighted by Gasteiger charge is 2.34. The van der Waals surface area contributed by atoms with Gasteiger partial charge in [0, 0.05) is 6.42 Å². The van der Waals surface area contributed by atoms with Gasteiger partial charge in [0.25, 0.3) is 0 Å². The zero-order chi connectivity index (χ0) is 15.5. The first-order valence-corrected chi connectivity index (χ1v) is 10.7. The molecule has 0 N–H and O–H groups in total. The summed E-state index contributed by atoms with van der Waals surface area (Å²) in [5.41, 5.74) is 0.708. The third-order valence-corrected chi connectivity index (χ3v) is 7.39. The summed E-state index contributed by atoms with van der Waals surface area (Å²) in [4.78, 5) is 11.9. The summed E-state index contributed by atoms with van der Waals surface area (Å²) in [5.74, 6) is 0.507. The number of hydrogen-bond donors (Lipinski definition) is 0. The summed E-state index contributed by atoms with van der Waals surface area (Å²) in [6, 6.07) is 11.6. The van der Waals surface area contributed by atoms with E-state index in [1.54, 1.807) is 0 Å². The van der Waals surface area contributed by atoms with Gasteiger partial charge >= 0.3 is 5.97 Å². The van der Waals surface area contributed by atoms with Crippen LogP contribution in [0.15, 0.2) is 41.7 Å². The summed E-state index contributed by atoms with van der Waals surface area (Å²) < 4.78 is 11.0. The average Bonchev–Trinajstić information content (AvgIpc) is 2.80. The highest BCUT2D eigenvalue weighted by Crippen LogP contribution is 2.30. The summed E-state index contributed by atoms with van der Waals surface area (Å²) >= 11 is 0. The lowest BCUT2D eigenvalue weighted by atomic mass is 10.1. The van der Waals surface area contributed by atoms with Crippen LogP contribution in [0.25, 0.3) is 0 Å². The van der Waals surface area contributed by atoms with E-state index in [-0.39, 0.29) is 12.1 Å². The molecule has 1 aromatic carbocycles. The topological polar surface area (TPSA) is 35.5 Å². The molecule has 1 atom stereocenters. The molecule has 21 heavy (non-hydrogen) atoms. The summed E-state index contributed by atoms with van der Waals surface area (Å²) in [7, 11) is -1.56. The first kappa shape index (κ1) is 15.8. The van der Waals surface area contributed by atoms with Crippen LogP contribution in [-0.4, -0.2) is 26.8 Å². The molecule has 4 heteroatoms. The predicted octanol–water partition coefficient (Wildman–Crippen LogP) is 3.23. The molecule has 1 aromatic rings. The molecule has 0 saturated heterocycles. The summed E-state index contributed by atoms with van der Waals surface area (Å²) in [5, 5.41) is 1.43. The van der Waals surface area contributed by atoms with Crippen molar-refractivity contribution in [2.45, 2.75) is 45.5 Å². The molecule has 0 saturated carbocycles. The summed E-state index contributed by atoms with van der Waals surface area (Å²) in [6.07, 6.45) is 0.778. The van der Waals surface area contributed by atoms with Crippen molar-refractivity contribution in [3.05, 3.63) is 41.7 Å².